The molecular weight excluding hydrogens is 813 g/mol. The van der Waals surface area contributed by atoms with Crippen LogP contribution in [0.2, 0.25) is 0 Å². The van der Waals surface area contributed by atoms with E-state index in [4.69, 9.17) is 18.9 Å². The fraction of sp³-hybridized carbons (Fsp3) is 0.904. The average Bonchev–Trinajstić information content (AvgIpc) is 3.29. The summed E-state index contributed by atoms with van der Waals surface area (Å²) in [5.41, 5.74) is -1.06. The van der Waals surface area contributed by atoms with Crippen molar-refractivity contribution < 1.29 is 48.0 Å². The molecule has 1 fully saturated rings. The van der Waals surface area contributed by atoms with Crippen molar-refractivity contribution in [2.75, 3.05) is 46.0 Å². The van der Waals surface area contributed by atoms with Gasteiger partial charge in [-0.25, -0.2) is 0 Å². The summed E-state index contributed by atoms with van der Waals surface area (Å²) in [6, 6.07) is 0. The Kier molecular flexibility index (Phi) is 35.6. The van der Waals surface area contributed by atoms with Crippen molar-refractivity contribution in [3.8, 4) is 0 Å². The van der Waals surface area contributed by atoms with Gasteiger partial charge in [0.15, 0.2) is 6.10 Å². The van der Waals surface area contributed by atoms with Crippen LogP contribution in [0, 0.1) is 17.3 Å². The fourth-order valence-corrected chi connectivity index (χ4v) is 8.25. The van der Waals surface area contributed by atoms with Crippen LogP contribution in [-0.2, 0) is 42.9 Å². The number of piperidine rings is 1. The van der Waals surface area contributed by atoms with Crippen LogP contribution in [0.25, 0.3) is 0 Å². The Hall–Kier alpha value is -2.73. The van der Waals surface area contributed by atoms with Gasteiger partial charge in [0, 0.05) is 18.5 Å². The normalized spacial score (nSPS) is 15.2. The predicted octanol–water partition coefficient (Wildman–Crippen LogP) is 11.0. The molecule has 0 aromatic carbocycles. The summed E-state index contributed by atoms with van der Waals surface area (Å²) in [6.45, 7) is 13.9. The lowest BCUT2D eigenvalue weighted by atomic mass is 9.87. The Labute approximate surface area is 390 Å². The average molecular weight is 909 g/mol. The summed E-state index contributed by atoms with van der Waals surface area (Å²) in [5, 5.41) is 13.4. The number of rotatable bonds is 41. The van der Waals surface area contributed by atoms with Crippen LogP contribution in [0.15, 0.2) is 0 Å². The van der Waals surface area contributed by atoms with Crippen LogP contribution in [0.1, 0.15) is 228 Å². The third kappa shape index (κ3) is 29.7. The highest BCUT2D eigenvalue weighted by atomic mass is 16.6. The van der Waals surface area contributed by atoms with Crippen LogP contribution in [0.4, 0.5) is 0 Å². The van der Waals surface area contributed by atoms with Gasteiger partial charge in [-0.05, 0) is 51.6 Å². The second kappa shape index (κ2) is 38.4. The number of hydrogen-bond acceptors (Lipinski definition) is 11. The van der Waals surface area contributed by atoms with Crippen molar-refractivity contribution in [1.29, 1.82) is 0 Å². The van der Waals surface area contributed by atoms with Gasteiger partial charge >= 0.3 is 23.9 Å². The first-order valence-corrected chi connectivity index (χ1v) is 26.2. The molecule has 3 unspecified atom stereocenters. The third-order valence-corrected chi connectivity index (χ3v) is 12.7. The number of carbonyl (C=O) groups excluding carboxylic acids is 5. The SMILES string of the molecule is CCCCCCCCC(CCCCCC)C(=O)OCC(COC(=O)CCNC(=O)[C@H](O)C(C)(C)COC(=O)CCN1CCCCC1)OC(=O)C(CCCCCC)CCCCCCCC. The molecule has 1 heterocycles. The Morgan fingerprint density at radius 1 is 0.562 bits per heavy atom. The number of nitrogens with zero attached hydrogens (tertiary/aromatic N) is 1. The molecule has 12 nitrogen and oxygen atoms in total. The summed E-state index contributed by atoms with van der Waals surface area (Å²) in [5.74, 6) is -2.86. The van der Waals surface area contributed by atoms with E-state index in [0.717, 1.165) is 142 Å². The zero-order valence-electron chi connectivity index (χ0n) is 41.8. The van der Waals surface area contributed by atoms with Crippen molar-refractivity contribution in [2.24, 2.45) is 17.3 Å². The van der Waals surface area contributed by atoms with Crippen molar-refractivity contribution in [2.45, 2.75) is 240 Å². The maximum absolute atomic E-state index is 13.8. The van der Waals surface area contributed by atoms with Crippen LogP contribution in [-0.4, -0.2) is 98.0 Å². The number of likely N-dealkylation sites (tertiary alicyclic amines) is 1. The number of carbonyl (C=O) groups is 5. The Bertz CT molecular complexity index is 1220. The minimum atomic E-state index is -1.49. The molecule has 1 aliphatic heterocycles. The zero-order chi connectivity index (χ0) is 47.3. The summed E-state index contributed by atoms with van der Waals surface area (Å²) in [7, 11) is 0. The first kappa shape index (κ1) is 59.3. The lowest BCUT2D eigenvalue weighted by molar-refractivity contribution is -0.171. The van der Waals surface area contributed by atoms with E-state index >= 15 is 0 Å². The molecule has 1 saturated heterocycles. The molecule has 0 aliphatic carbocycles. The number of esters is 4. The summed E-state index contributed by atoms with van der Waals surface area (Å²) < 4.78 is 23.0. The van der Waals surface area contributed by atoms with Gasteiger partial charge in [-0.1, -0.05) is 176 Å². The molecule has 0 spiro atoms. The molecular formula is C52H96N2O10. The standard InChI is InChI=1S/C52H96N2O10/c1-7-11-15-19-21-26-31-43(30-24-17-13-9-3)50(59)62-41-45(64-51(60)44(32-25-18-14-10-4)33-27-22-20-16-12-8-2)40-61-46(55)34-36-53-49(58)48(57)52(5,6)42-63-47(56)35-39-54-37-28-23-29-38-54/h43-45,48,57H,7-42H2,1-6H3,(H,53,58)/t43?,44?,45?,48-/m0/s1. The molecule has 12 heteroatoms. The molecule has 1 rings (SSSR count). The third-order valence-electron chi connectivity index (χ3n) is 12.7. The predicted molar refractivity (Wildman–Crippen MR) is 256 cm³/mol. The number of unbranched alkanes of at least 4 members (excludes halogenated alkanes) is 16. The second-order valence-electron chi connectivity index (χ2n) is 19.3. The van der Waals surface area contributed by atoms with Gasteiger partial charge in [0.05, 0.1) is 31.3 Å². The summed E-state index contributed by atoms with van der Waals surface area (Å²) >= 11 is 0. The van der Waals surface area contributed by atoms with Crippen molar-refractivity contribution in [3.05, 3.63) is 0 Å². The van der Waals surface area contributed by atoms with E-state index in [-0.39, 0.29) is 69.0 Å². The molecule has 1 aliphatic rings. The molecule has 0 aromatic heterocycles. The van der Waals surface area contributed by atoms with Gasteiger partial charge in [0.1, 0.15) is 19.3 Å². The molecule has 4 atom stereocenters. The largest absolute Gasteiger partial charge is 0.465 e. The van der Waals surface area contributed by atoms with Gasteiger partial charge in [-0.15, -0.1) is 0 Å². The molecule has 0 saturated carbocycles. The van der Waals surface area contributed by atoms with Gasteiger partial charge in [-0.2, -0.15) is 0 Å². The summed E-state index contributed by atoms with van der Waals surface area (Å²) in [4.78, 5) is 68.0. The number of amides is 1. The van der Waals surface area contributed by atoms with E-state index in [1.165, 1.54) is 44.9 Å². The molecule has 0 bridgehead atoms. The summed E-state index contributed by atoms with van der Waals surface area (Å²) in [6.07, 6.45) is 26.0. The highest BCUT2D eigenvalue weighted by Crippen LogP contribution is 2.24. The van der Waals surface area contributed by atoms with E-state index in [1.807, 2.05) is 0 Å². The number of aliphatic hydroxyl groups excluding tert-OH is 1. The van der Waals surface area contributed by atoms with Gasteiger partial charge < -0.3 is 34.3 Å². The van der Waals surface area contributed by atoms with E-state index in [9.17, 15) is 29.1 Å². The maximum Gasteiger partial charge on any atom is 0.309 e. The lowest BCUT2D eigenvalue weighted by Gasteiger charge is -2.29. The Balaban J connectivity index is 2.90. The Morgan fingerprint density at radius 2 is 1.00 bits per heavy atom. The lowest BCUT2D eigenvalue weighted by Crippen LogP contribution is -2.46. The van der Waals surface area contributed by atoms with Crippen molar-refractivity contribution in [3.63, 3.8) is 0 Å². The van der Waals surface area contributed by atoms with Crippen LogP contribution < -0.4 is 5.32 Å². The number of ether oxygens (including phenoxy) is 4. The smallest absolute Gasteiger partial charge is 0.309 e. The zero-order valence-corrected chi connectivity index (χ0v) is 41.8. The first-order valence-electron chi connectivity index (χ1n) is 26.2. The number of hydrogen-bond donors (Lipinski definition) is 2. The molecule has 0 aromatic rings. The molecule has 374 valence electrons. The maximum atomic E-state index is 13.8. The quantitative estimate of drug-likeness (QED) is 0.0342. The minimum Gasteiger partial charge on any atom is -0.465 e. The molecule has 1 amide bonds. The topological polar surface area (TPSA) is 158 Å². The minimum absolute atomic E-state index is 0.101. The van der Waals surface area contributed by atoms with Crippen molar-refractivity contribution in [1.82, 2.24) is 10.2 Å². The van der Waals surface area contributed by atoms with E-state index < -0.39 is 29.5 Å². The highest BCUT2D eigenvalue weighted by Gasteiger charge is 2.35. The van der Waals surface area contributed by atoms with E-state index in [1.54, 1.807) is 13.8 Å². The molecule has 0 radical (unpaired) electrons. The first-order chi connectivity index (χ1) is 30.9. The van der Waals surface area contributed by atoms with Gasteiger partial charge in [0.2, 0.25) is 5.91 Å². The fourth-order valence-electron chi connectivity index (χ4n) is 8.25. The Morgan fingerprint density at radius 3 is 1.52 bits per heavy atom. The van der Waals surface area contributed by atoms with Crippen LogP contribution in [0.3, 0.4) is 0 Å². The van der Waals surface area contributed by atoms with Gasteiger partial charge in [0.25, 0.3) is 0 Å². The van der Waals surface area contributed by atoms with E-state index in [2.05, 4.69) is 37.9 Å². The van der Waals surface area contributed by atoms with Crippen molar-refractivity contribution >= 4 is 29.8 Å². The van der Waals surface area contributed by atoms with E-state index in [0.29, 0.717) is 6.54 Å². The number of aliphatic hydroxyl groups is 1. The number of nitrogens with one attached hydrogen (secondary N) is 1. The molecule has 64 heavy (non-hydrogen) atoms. The highest BCUT2D eigenvalue weighted by molar-refractivity contribution is 5.82. The monoisotopic (exact) mass is 909 g/mol. The second-order valence-corrected chi connectivity index (χ2v) is 19.3. The van der Waals surface area contributed by atoms with Gasteiger partial charge in [-0.3, -0.25) is 24.0 Å². The van der Waals surface area contributed by atoms with Crippen LogP contribution >= 0.6 is 0 Å². The van der Waals surface area contributed by atoms with Crippen LogP contribution in [0.5, 0.6) is 0 Å². The molecule has 2 N–H and O–H groups in total.